The SMILES string of the molecule is CCN[C@H]1CCCC1=O. The van der Waals surface area contributed by atoms with Gasteiger partial charge in [-0.05, 0) is 19.4 Å². The zero-order valence-corrected chi connectivity index (χ0v) is 5.81. The molecule has 0 aromatic heterocycles. The molecule has 0 radical (unpaired) electrons. The molecule has 0 aromatic carbocycles. The van der Waals surface area contributed by atoms with Crippen molar-refractivity contribution in [3.05, 3.63) is 0 Å². The molecule has 52 valence electrons. The van der Waals surface area contributed by atoms with E-state index in [1.165, 1.54) is 0 Å². The second-order valence-corrected chi connectivity index (χ2v) is 2.47. The van der Waals surface area contributed by atoms with Gasteiger partial charge in [0.25, 0.3) is 0 Å². The maximum atomic E-state index is 10.9. The molecular formula is C7H13NO. The Labute approximate surface area is 55.6 Å². The van der Waals surface area contributed by atoms with Gasteiger partial charge in [-0.3, -0.25) is 4.79 Å². The van der Waals surface area contributed by atoms with Gasteiger partial charge in [-0.25, -0.2) is 0 Å². The van der Waals surface area contributed by atoms with Crippen molar-refractivity contribution in [2.45, 2.75) is 32.2 Å². The summed E-state index contributed by atoms with van der Waals surface area (Å²) in [5, 5.41) is 3.14. The first-order chi connectivity index (χ1) is 4.34. The highest BCUT2D eigenvalue weighted by Crippen LogP contribution is 2.13. The molecule has 0 aromatic rings. The molecule has 1 aliphatic carbocycles. The largest absolute Gasteiger partial charge is 0.308 e. The van der Waals surface area contributed by atoms with Gasteiger partial charge in [0, 0.05) is 6.42 Å². The minimum atomic E-state index is 0.190. The van der Waals surface area contributed by atoms with Gasteiger partial charge in [-0.1, -0.05) is 6.92 Å². The van der Waals surface area contributed by atoms with Crippen molar-refractivity contribution < 1.29 is 4.79 Å². The first-order valence-corrected chi connectivity index (χ1v) is 3.60. The Morgan fingerprint density at radius 1 is 1.78 bits per heavy atom. The van der Waals surface area contributed by atoms with Crippen molar-refractivity contribution in [3.8, 4) is 0 Å². The van der Waals surface area contributed by atoms with Gasteiger partial charge in [0.05, 0.1) is 6.04 Å². The van der Waals surface area contributed by atoms with E-state index in [1.54, 1.807) is 0 Å². The molecule has 1 atom stereocenters. The van der Waals surface area contributed by atoms with Crippen molar-refractivity contribution in [2.75, 3.05) is 6.54 Å². The zero-order valence-electron chi connectivity index (χ0n) is 5.81. The Morgan fingerprint density at radius 2 is 2.56 bits per heavy atom. The van der Waals surface area contributed by atoms with E-state index in [0.29, 0.717) is 5.78 Å². The molecule has 0 bridgehead atoms. The number of likely N-dealkylation sites (N-methyl/N-ethyl adjacent to an activating group) is 1. The molecule has 0 heterocycles. The number of rotatable bonds is 2. The van der Waals surface area contributed by atoms with Crippen LogP contribution in [-0.2, 0) is 4.79 Å². The van der Waals surface area contributed by atoms with E-state index in [-0.39, 0.29) is 6.04 Å². The molecule has 2 heteroatoms. The quantitative estimate of drug-likeness (QED) is 0.592. The number of Topliss-reactive ketones (excluding diaryl/α,β-unsaturated/α-hetero) is 1. The first-order valence-electron chi connectivity index (χ1n) is 3.60. The van der Waals surface area contributed by atoms with Crippen LogP contribution in [0.15, 0.2) is 0 Å². The maximum Gasteiger partial charge on any atom is 0.149 e. The summed E-state index contributed by atoms with van der Waals surface area (Å²) >= 11 is 0. The minimum Gasteiger partial charge on any atom is -0.308 e. The molecule has 1 aliphatic rings. The Balaban J connectivity index is 2.31. The molecule has 0 saturated heterocycles. The summed E-state index contributed by atoms with van der Waals surface area (Å²) in [5.41, 5.74) is 0. The average Bonchev–Trinajstić information content (AvgIpc) is 2.18. The number of nitrogens with one attached hydrogen (secondary N) is 1. The van der Waals surface area contributed by atoms with Crippen LogP contribution in [0.5, 0.6) is 0 Å². The van der Waals surface area contributed by atoms with Crippen molar-refractivity contribution in [1.29, 1.82) is 0 Å². The van der Waals surface area contributed by atoms with E-state index in [4.69, 9.17) is 0 Å². The lowest BCUT2D eigenvalue weighted by molar-refractivity contribution is -0.119. The topological polar surface area (TPSA) is 29.1 Å². The highest BCUT2D eigenvalue weighted by Gasteiger charge is 2.22. The molecule has 1 saturated carbocycles. The number of hydrogen-bond acceptors (Lipinski definition) is 2. The summed E-state index contributed by atoms with van der Waals surface area (Å²) in [6, 6.07) is 0.190. The van der Waals surface area contributed by atoms with Gasteiger partial charge in [-0.15, -0.1) is 0 Å². The van der Waals surface area contributed by atoms with Crippen LogP contribution in [0, 0.1) is 0 Å². The highest BCUT2D eigenvalue weighted by atomic mass is 16.1. The fourth-order valence-corrected chi connectivity index (χ4v) is 1.28. The van der Waals surface area contributed by atoms with Crippen molar-refractivity contribution in [3.63, 3.8) is 0 Å². The van der Waals surface area contributed by atoms with E-state index in [0.717, 1.165) is 25.8 Å². The van der Waals surface area contributed by atoms with Crippen molar-refractivity contribution >= 4 is 5.78 Å². The average molecular weight is 127 g/mol. The third kappa shape index (κ3) is 1.52. The second kappa shape index (κ2) is 2.97. The molecule has 1 N–H and O–H groups in total. The van der Waals surface area contributed by atoms with Gasteiger partial charge in [0.2, 0.25) is 0 Å². The molecule has 0 unspecified atom stereocenters. The molecular weight excluding hydrogens is 114 g/mol. The number of hydrogen-bond donors (Lipinski definition) is 1. The van der Waals surface area contributed by atoms with Crippen LogP contribution >= 0.6 is 0 Å². The number of carbonyl (C=O) groups excluding carboxylic acids is 1. The van der Waals surface area contributed by atoms with Gasteiger partial charge >= 0.3 is 0 Å². The Morgan fingerprint density at radius 3 is 3.00 bits per heavy atom. The lowest BCUT2D eigenvalue weighted by atomic mass is 10.2. The van der Waals surface area contributed by atoms with Crippen LogP contribution in [0.1, 0.15) is 26.2 Å². The van der Waals surface area contributed by atoms with Gasteiger partial charge in [-0.2, -0.15) is 0 Å². The zero-order chi connectivity index (χ0) is 6.69. The number of carbonyl (C=O) groups is 1. The molecule has 1 fully saturated rings. The molecule has 1 rings (SSSR count). The predicted octanol–water partition coefficient (Wildman–Crippen LogP) is 0.718. The third-order valence-corrected chi connectivity index (χ3v) is 1.76. The van der Waals surface area contributed by atoms with Gasteiger partial charge in [0.1, 0.15) is 5.78 Å². The van der Waals surface area contributed by atoms with Crippen LogP contribution in [0.2, 0.25) is 0 Å². The molecule has 2 nitrogen and oxygen atoms in total. The van der Waals surface area contributed by atoms with E-state index in [9.17, 15) is 4.79 Å². The smallest absolute Gasteiger partial charge is 0.149 e. The predicted molar refractivity (Wildman–Crippen MR) is 36.3 cm³/mol. The minimum absolute atomic E-state index is 0.190. The van der Waals surface area contributed by atoms with E-state index < -0.39 is 0 Å². The Hall–Kier alpha value is -0.370. The summed E-state index contributed by atoms with van der Waals surface area (Å²) in [6.45, 7) is 2.95. The maximum absolute atomic E-state index is 10.9. The fourth-order valence-electron chi connectivity index (χ4n) is 1.28. The summed E-state index contributed by atoms with van der Waals surface area (Å²) in [4.78, 5) is 10.9. The van der Waals surface area contributed by atoms with Crippen LogP contribution in [-0.4, -0.2) is 18.4 Å². The van der Waals surface area contributed by atoms with Crippen LogP contribution in [0.25, 0.3) is 0 Å². The second-order valence-electron chi connectivity index (χ2n) is 2.47. The fraction of sp³-hybridized carbons (Fsp3) is 0.857. The summed E-state index contributed by atoms with van der Waals surface area (Å²) in [7, 11) is 0. The summed E-state index contributed by atoms with van der Waals surface area (Å²) in [6.07, 6.45) is 2.92. The molecule has 0 amide bonds. The van der Waals surface area contributed by atoms with E-state index in [2.05, 4.69) is 5.32 Å². The monoisotopic (exact) mass is 127 g/mol. The van der Waals surface area contributed by atoms with Crippen LogP contribution < -0.4 is 5.32 Å². The van der Waals surface area contributed by atoms with Crippen LogP contribution in [0.4, 0.5) is 0 Å². The van der Waals surface area contributed by atoms with Crippen molar-refractivity contribution in [2.24, 2.45) is 0 Å². The lowest BCUT2D eigenvalue weighted by Gasteiger charge is -2.06. The standard InChI is InChI=1S/C7H13NO/c1-2-8-6-4-3-5-7(6)9/h6,8H,2-5H2,1H3/t6-/m0/s1. The van der Waals surface area contributed by atoms with Crippen molar-refractivity contribution in [1.82, 2.24) is 5.32 Å². The molecule has 0 spiro atoms. The lowest BCUT2D eigenvalue weighted by Crippen LogP contribution is -2.31. The molecule has 9 heavy (non-hydrogen) atoms. The molecule has 0 aliphatic heterocycles. The summed E-state index contributed by atoms with van der Waals surface area (Å²) < 4.78 is 0. The van der Waals surface area contributed by atoms with Gasteiger partial charge in [0.15, 0.2) is 0 Å². The Kier molecular flexibility index (Phi) is 2.22. The number of ketones is 1. The third-order valence-electron chi connectivity index (χ3n) is 1.76. The Bertz CT molecular complexity index is 111. The first kappa shape index (κ1) is 6.75. The van der Waals surface area contributed by atoms with Crippen LogP contribution in [0.3, 0.4) is 0 Å². The summed E-state index contributed by atoms with van der Waals surface area (Å²) in [5.74, 6) is 0.400. The normalized spacial score (nSPS) is 27.2. The van der Waals surface area contributed by atoms with Gasteiger partial charge < -0.3 is 5.32 Å². The highest BCUT2D eigenvalue weighted by molar-refractivity contribution is 5.85. The van der Waals surface area contributed by atoms with E-state index in [1.807, 2.05) is 6.92 Å². The van der Waals surface area contributed by atoms with E-state index >= 15 is 0 Å².